The molecule has 1 N–H and O–H groups in total. The van der Waals surface area contributed by atoms with Crippen LogP contribution in [0.25, 0.3) is 6.08 Å². The molecule has 2 rings (SSSR count). The van der Waals surface area contributed by atoms with E-state index in [4.69, 9.17) is 11.6 Å². The van der Waals surface area contributed by atoms with Crippen LogP contribution in [0.4, 0.5) is 5.82 Å². The molecule has 0 spiro atoms. The van der Waals surface area contributed by atoms with E-state index in [1.165, 1.54) is 17.4 Å². The van der Waals surface area contributed by atoms with E-state index in [0.29, 0.717) is 10.2 Å². The third kappa shape index (κ3) is 3.44. The average Bonchev–Trinajstić information content (AvgIpc) is 2.85. The van der Waals surface area contributed by atoms with Gasteiger partial charge in [-0.15, -0.1) is 11.3 Å². The maximum Gasteiger partial charge on any atom is 0.249 e. The molecule has 0 atom stereocenters. The minimum Gasteiger partial charge on any atom is -0.306 e. The summed E-state index contributed by atoms with van der Waals surface area (Å²) in [6, 6.07) is 5.38. The van der Waals surface area contributed by atoms with Gasteiger partial charge in [-0.1, -0.05) is 11.6 Å². The number of aromatic nitrogens is 2. The summed E-state index contributed by atoms with van der Waals surface area (Å²) >= 11 is 7.20. The topological polar surface area (TPSA) is 46.9 Å². The number of carbonyl (C=O) groups is 1. The molecule has 17 heavy (non-hydrogen) atoms. The van der Waals surface area contributed by atoms with Crippen molar-refractivity contribution in [3.63, 3.8) is 0 Å². The summed E-state index contributed by atoms with van der Waals surface area (Å²) in [6.45, 7) is 0. The second kappa shape index (κ2) is 5.16. The van der Waals surface area contributed by atoms with Crippen LogP contribution in [0, 0.1) is 0 Å². The zero-order chi connectivity index (χ0) is 12.3. The van der Waals surface area contributed by atoms with Gasteiger partial charge in [0.05, 0.1) is 4.34 Å². The molecule has 6 heteroatoms. The van der Waals surface area contributed by atoms with Gasteiger partial charge in [0.2, 0.25) is 5.91 Å². The highest BCUT2D eigenvalue weighted by atomic mass is 35.5. The van der Waals surface area contributed by atoms with Crippen LogP contribution in [0.1, 0.15) is 4.88 Å². The van der Waals surface area contributed by atoms with Crippen molar-refractivity contribution in [2.24, 2.45) is 7.05 Å². The third-order valence-corrected chi connectivity index (χ3v) is 3.15. The molecule has 0 aliphatic heterocycles. The summed E-state index contributed by atoms with van der Waals surface area (Å²) in [5, 5.41) is 6.70. The molecular weight excluding hydrogens is 258 g/mol. The molecule has 0 radical (unpaired) electrons. The number of carbonyl (C=O) groups excluding carboxylic acids is 1. The molecule has 4 nitrogen and oxygen atoms in total. The van der Waals surface area contributed by atoms with Crippen molar-refractivity contribution < 1.29 is 4.79 Å². The van der Waals surface area contributed by atoms with E-state index in [2.05, 4.69) is 10.4 Å². The molecule has 2 aromatic heterocycles. The largest absolute Gasteiger partial charge is 0.306 e. The molecule has 0 saturated heterocycles. The first-order valence-electron chi connectivity index (χ1n) is 4.87. The SMILES string of the molecule is Cn1ccc(NC(=O)C=Cc2ccc(Cl)s2)n1. The minimum absolute atomic E-state index is 0.215. The highest BCUT2D eigenvalue weighted by Crippen LogP contribution is 2.22. The predicted molar refractivity (Wildman–Crippen MR) is 70.2 cm³/mol. The van der Waals surface area contributed by atoms with Crippen LogP contribution < -0.4 is 5.32 Å². The molecule has 2 heterocycles. The van der Waals surface area contributed by atoms with E-state index in [9.17, 15) is 4.79 Å². The highest BCUT2D eigenvalue weighted by molar-refractivity contribution is 7.17. The quantitative estimate of drug-likeness (QED) is 0.870. The number of hydrogen-bond donors (Lipinski definition) is 1. The zero-order valence-electron chi connectivity index (χ0n) is 9.05. The van der Waals surface area contributed by atoms with Crippen LogP contribution in [-0.4, -0.2) is 15.7 Å². The van der Waals surface area contributed by atoms with Crippen molar-refractivity contribution in [3.05, 3.63) is 39.7 Å². The molecule has 0 aromatic carbocycles. The van der Waals surface area contributed by atoms with Crippen LogP contribution in [0.3, 0.4) is 0 Å². The van der Waals surface area contributed by atoms with E-state index in [0.717, 1.165) is 4.88 Å². The Kier molecular flexibility index (Phi) is 3.61. The Hall–Kier alpha value is -1.59. The van der Waals surface area contributed by atoms with Crippen LogP contribution in [0.15, 0.2) is 30.5 Å². The molecule has 1 amide bonds. The van der Waals surface area contributed by atoms with Crippen molar-refractivity contribution in [2.75, 3.05) is 5.32 Å². The number of rotatable bonds is 3. The minimum atomic E-state index is -0.215. The van der Waals surface area contributed by atoms with Gasteiger partial charge in [0, 0.05) is 30.3 Å². The average molecular weight is 268 g/mol. The van der Waals surface area contributed by atoms with Gasteiger partial charge >= 0.3 is 0 Å². The number of thiophene rings is 1. The predicted octanol–water partition coefficient (Wildman–Crippen LogP) is 2.79. The lowest BCUT2D eigenvalue weighted by atomic mass is 10.4. The normalized spacial score (nSPS) is 10.9. The van der Waals surface area contributed by atoms with Crippen molar-refractivity contribution in [1.29, 1.82) is 0 Å². The number of nitrogens with zero attached hydrogens (tertiary/aromatic N) is 2. The fourth-order valence-corrected chi connectivity index (χ4v) is 2.19. The van der Waals surface area contributed by atoms with Gasteiger partial charge in [-0.2, -0.15) is 5.10 Å². The molecular formula is C11H10ClN3OS. The zero-order valence-corrected chi connectivity index (χ0v) is 10.6. The van der Waals surface area contributed by atoms with Crippen molar-refractivity contribution in [3.8, 4) is 0 Å². The first-order valence-corrected chi connectivity index (χ1v) is 6.07. The van der Waals surface area contributed by atoms with Gasteiger partial charge < -0.3 is 5.32 Å². The van der Waals surface area contributed by atoms with Gasteiger partial charge in [0.1, 0.15) is 0 Å². The Bertz CT molecular complexity index is 559. The molecule has 0 bridgehead atoms. The Balaban J connectivity index is 1.95. The maximum absolute atomic E-state index is 11.5. The second-order valence-corrected chi connectivity index (χ2v) is 5.09. The summed E-state index contributed by atoms with van der Waals surface area (Å²) in [5.74, 6) is 0.319. The standard InChI is InChI=1S/C11H10ClN3OS/c1-15-7-6-10(14-15)13-11(16)5-3-8-2-4-9(12)17-8/h2-7H,1H3,(H,13,14,16). The number of halogens is 1. The van der Waals surface area contributed by atoms with E-state index in [1.807, 2.05) is 6.07 Å². The summed E-state index contributed by atoms with van der Waals surface area (Å²) in [6.07, 6.45) is 4.93. The van der Waals surface area contributed by atoms with E-state index < -0.39 is 0 Å². The van der Waals surface area contributed by atoms with Crippen molar-refractivity contribution >= 4 is 40.7 Å². The van der Waals surface area contributed by atoms with E-state index in [1.54, 1.807) is 36.1 Å². The first kappa shape index (κ1) is 11.9. The summed E-state index contributed by atoms with van der Waals surface area (Å²) < 4.78 is 2.33. The summed E-state index contributed by atoms with van der Waals surface area (Å²) in [7, 11) is 1.79. The number of hydrogen-bond acceptors (Lipinski definition) is 3. The molecule has 0 aliphatic rings. The molecule has 2 aromatic rings. The smallest absolute Gasteiger partial charge is 0.249 e. The molecule has 88 valence electrons. The molecule has 0 saturated carbocycles. The fourth-order valence-electron chi connectivity index (χ4n) is 1.23. The molecule has 0 aliphatic carbocycles. The van der Waals surface area contributed by atoms with Crippen LogP contribution >= 0.6 is 22.9 Å². The Labute approximate surface area is 108 Å². The van der Waals surface area contributed by atoms with Gasteiger partial charge in [0.25, 0.3) is 0 Å². The van der Waals surface area contributed by atoms with Crippen LogP contribution in [0.5, 0.6) is 0 Å². The first-order chi connectivity index (χ1) is 8.13. The van der Waals surface area contributed by atoms with E-state index in [-0.39, 0.29) is 5.91 Å². The fraction of sp³-hybridized carbons (Fsp3) is 0.0909. The maximum atomic E-state index is 11.5. The van der Waals surface area contributed by atoms with E-state index >= 15 is 0 Å². The van der Waals surface area contributed by atoms with Gasteiger partial charge in [-0.25, -0.2) is 0 Å². The number of amides is 1. The number of nitrogens with one attached hydrogen (secondary N) is 1. The summed E-state index contributed by atoms with van der Waals surface area (Å²) in [4.78, 5) is 12.5. The van der Waals surface area contributed by atoms with Crippen molar-refractivity contribution in [1.82, 2.24) is 9.78 Å². The monoisotopic (exact) mass is 267 g/mol. The van der Waals surface area contributed by atoms with Gasteiger partial charge in [-0.3, -0.25) is 9.48 Å². The van der Waals surface area contributed by atoms with Crippen molar-refractivity contribution in [2.45, 2.75) is 0 Å². The lowest BCUT2D eigenvalue weighted by molar-refractivity contribution is -0.111. The Morgan fingerprint density at radius 1 is 1.53 bits per heavy atom. The Morgan fingerprint density at radius 2 is 2.35 bits per heavy atom. The Morgan fingerprint density at radius 3 is 2.94 bits per heavy atom. The van der Waals surface area contributed by atoms with Gasteiger partial charge in [-0.05, 0) is 18.2 Å². The highest BCUT2D eigenvalue weighted by Gasteiger charge is 2.00. The molecule has 0 unspecified atom stereocenters. The third-order valence-electron chi connectivity index (χ3n) is 1.96. The van der Waals surface area contributed by atoms with Crippen LogP contribution in [-0.2, 0) is 11.8 Å². The number of aryl methyl sites for hydroxylation is 1. The lowest BCUT2D eigenvalue weighted by Crippen LogP contribution is -2.08. The number of anilines is 1. The summed E-state index contributed by atoms with van der Waals surface area (Å²) in [5.41, 5.74) is 0. The van der Waals surface area contributed by atoms with Gasteiger partial charge in [0.15, 0.2) is 5.82 Å². The van der Waals surface area contributed by atoms with Crippen LogP contribution in [0.2, 0.25) is 4.34 Å². The lowest BCUT2D eigenvalue weighted by Gasteiger charge is -1.95. The molecule has 0 fully saturated rings. The second-order valence-electron chi connectivity index (χ2n) is 3.34.